The maximum atomic E-state index is 11.0. The molecule has 0 unspecified atom stereocenters. The Morgan fingerprint density at radius 1 is 0.921 bits per heavy atom. The molecule has 0 fully saturated rings. The molecule has 2 aromatic carbocycles. The van der Waals surface area contributed by atoms with Crippen molar-refractivity contribution in [2.24, 2.45) is 0 Å². The van der Waals surface area contributed by atoms with Crippen LogP contribution in [0.3, 0.4) is 0 Å². The fraction of sp³-hybridized carbons (Fsp3) is 0.300. The van der Waals surface area contributed by atoms with Crippen molar-refractivity contribution in [3.8, 4) is 0 Å². The fourth-order valence-electron chi connectivity index (χ4n) is 2.34. The molecule has 0 bridgehead atoms. The number of hydrogen-bond donors (Lipinski definition) is 2. The number of carbonyl (C=O) groups excluding carboxylic acids is 2. The van der Waals surface area contributed by atoms with Gasteiger partial charge in [-0.05, 0) is 24.3 Å². The minimum absolute atomic E-state index is 0.0228. The van der Waals surface area contributed by atoms with Gasteiger partial charge in [-0.3, -0.25) is 25.5 Å². The zero-order valence-electron chi connectivity index (χ0n) is 21.2. The van der Waals surface area contributed by atoms with Gasteiger partial charge in [0.05, 0.1) is 24.1 Å². The predicted octanol–water partition coefficient (Wildman–Crippen LogP) is 5.84. The molecule has 211 valence electrons. The number of hydrogen-bond acceptors (Lipinski definition) is 11. The van der Waals surface area contributed by atoms with Crippen molar-refractivity contribution in [2.45, 2.75) is 0 Å². The average molecular weight is 820 g/mol. The van der Waals surface area contributed by atoms with Crippen LogP contribution in [0, 0.1) is 20.2 Å². The van der Waals surface area contributed by atoms with Crippen LogP contribution in [0.5, 0.6) is 0 Å². The molecule has 1 amide bonds. The van der Waals surface area contributed by atoms with E-state index in [1.165, 1.54) is 44.6 Å². The van der Waals surface area contributed by atoms with Gasteiger partial charge in [0.1, 0.15) is 11.4 Å². The molecule has 18 heteroatoms. The molecule has 0 atom stereocenters. The van der Waals surface area contributed by atoms with Crippen molar-refractivity contribution in [1.29, 1.82) is 0 Å². The first-order valence-corrected chi connectivity index (χ1v) is 19.2. The maximum absolute atomic E-state index is 11.0. The van der Waals surface area contributed by atoms with Gasteiger partial charge >= 0.3 is 60.9 Å². The Morgan fingerprint density at radius 3 is 1.66 bits per heavy atom. The summed E-state index contributed by atoms with van der Waals surface area (Å²) < 4.78 is 8.31. The van der Waals surface area contributed by atoms with Gasteiger partial charge in [-0.1, -0.05) is 0 Å². The Labute approximate surface area is 253 Å². The molecule has 0 saturated heterocycles. The molecule has 0 radical (unpaired) electrons. The summed E-state index contributed by atoms with van der Waals surface area (Å²) in [5, 5.41) is 23.8. The summed E-state index contributed by atoms with van der Waals surface area (Å²) >= 11 is 9.34. The van der Waals surface area contributed by atoms with E-state index in [0.29, 0.717) is 32.2 Å². The van der Waals surface area contributed by atoms with Crippen molar-refractivity contribution >= 4 is 97.2 Å². The molecular weight excluding hydrogens is 792 g/mol. The Bertz CT molecular complexity index is 1080. The number of anilines is 4. The molecule has 0 spiro atoms. The molecule has 0 heterocycles. The molecule has 0 aromatic heterocycles. The van der Waals surface area contributed by atoms with Gasteiger partial charge in [-0.15, -0.1) is 0 Å². The number of nitro groups is 2. The Balaban J connectivity index is 0. The van der Waals surface area contributed by atoms with Gasteiger partial charge in [0.15, 0.2) is 0 Å². The number of amides is 1. The fourth-order valence-corrected chi connectivity index (χ4v) is 2.34. The number of nitrogens with one attached hydrogen (secondary N) is 1. The van der Waals surface area contributed by atoms with Crippen molar-refractivity contribution in [3.63, 3.8) is 0 Å². The first kappa shape index (κ1) is 37.9. The van der Waals surface area contributed by atoms with Gasteiger partial charge in [-0.2, -0.15) is 0 Å². The van der Waals surface area contributed by atoms with E-state index in [9.17, 15) is 29.8 Å². The van der Waals surface area contributed by atoms with Gasteiger partial charge in [0, 0.05) is 63.3 Å². The van der Waals surface area contributed by atoms with Gasteiger partial charge in [0.2, 0.25) is 0 Å². The zero-order valence-corrected chi connectivity index (χ0v) is 27.6. The molecule has 0 aliphatic heterocycles. The summed E-state index contributed by atoms with van der Waals surface area (Å²) in [7, 11) is 9.93. The second-order valence-electron chi connectivity index (χ2n) is 6.88. The number of halogens is 3. The number of nitrogen functional groups attached to an aromatic ring is 1. The number of ether oxygens (including phenoxy) is 2. The second-order valence-corrected chi connectivity index (χ2v) is 19.0. The van der Waals surface area contributed by atoms with Crippen molar-refractivity contribution in [2.75, 3.05) is 63.3 Å². The Kier molecular flexibility index (Phi) is 20.6. The number of benzene rings is 2. The van der Waals surface area contributed by atoms with E-state index in [0.717, 1.165) is 0 Å². The summed E-state index contributed by atoms with van der Waals surface area (Å²) in [5.41, 5.74) is 6.67. The summed E-state index contributed by atoms with van der Waals surface area (Å²) in [6, 6.07) is 8.80. The van der Waals surface area contributed by atoms with Crippen LogP contribution in [0.25, 0.3) is 0 Å². The summed E-state index contributed by atoms with van der Waals surface area (Å²) in [6.07, 6.45) is -0.622. The van der Waals surface area contributed by atoms with E-state index in [4.69, 9.17) is 5.73 Å². The Hall–Kier alpha value is -2.29. The number of nitrogens with zero attached hydrogens (tertiary/aromatic N) is 4. The number of rotatable bonds is 5. The van der Waals surface area contributed by atoms with E-state index >= 15 is 0 Å². The summed E-state index contributed by atoms with van der Waals surface area (Å²) in [4.78, 5) is 44.1. The third-order valence-corrected chi connectivity index (χ3v) is 4.08. The van der Waals surface area contributed by atoms with Crippen molar-refractivity contribution < 1.29 is 38.4 Å². The van der Waals surface area contributed by atoms with E-state index in [-0.39, 0.29) is 11.4 Å². The third kappa shape index (κ3) is 15.8. The van der Waals surface area contributed by atoms with Gasteiger partial charge in [-0.25, -0.2) is 9.59 Å². The topological polar surface area (TPSA) is 183 Å². The second kappa shape index (κ2) is 20.6. The molecule has 2 rings (SSSR count). The van der Waals surface area contributed by atoms with Crippen LogP contribution in [-0.2, 0) is 18.9 Å². The number of nitro benzene ring substituents is 2. The number of nitrogens with two attached hydrogens (primary N) is 1. The summed E-state index contributed by atoms with van der Waals surface area (Å²) in [6.45, 7) is 0. The standard InChI is InChI=1S/C10H13N3O4.C8H11N3O2.C2H3ClO2.2HI.V/c1-12(2)9-6-7(11-10(14)17-3)4-5-8(9)13(15)16;1-10(2)8-5-6(9)3-4-7(8)11(12)13;1-5-2(3)4;;;/h4-6H,1-3H3,(H,11,14);3-5H,9H2,1-2H3;1H3;2*1H;/q;;;;;+2/p-2. The van der Waals surface area contributed by atoms with Gasteiger partial charge < -0.3 is 25.0 Å². The van der Waals surface area contributed by atoms with Gasteiger partial charge in [0.25, 0.3) is 11.4 Å². The minimum atomic E-state index is -0.773. The van der Waals surface area contributed by atoms with Crippen LogP contribution in [0.4, 0.5) is 43.7 Å². The van der Waals surface area contributed by atoms with Crippen LogP contribution in [0.1, 0.15) is 0 Å². The van der Waals surface area contributed by atoms with E-state index in [1.54, 1.807) is 44.1 Å². The zero-order chi connectivity index (χ0) is 30.0. The van der Waals surface area contributed by atoms with Crippen LogP contribution in [0.15, 0.2) is 36.4 Å². The SMILES string of the molecule is CN(C)c1cc(N)ccc1[N+](=O)[O-].COC(=O)Cl.COC(=O)Nc1ccc([N+](=O)[O-])c(N(C)C)c1.[I][V][I]. The van der Waals surface area contributed by atoms with Crippen LogP contribution >= 0.6 is 51.6 Å². The molecule has 38 heavy (non-hydrogen) atoms. The number of carbonyl (C=O) groups is 2. The Morgan fingerprint density at radius 2 is 1.32 bits per heavy atom. The molecular formula is C20H27ClI2N6O8V. The van der Waals surface area contributed by atoms with Crippen molar-refractivity contribution in [1.82, 2.24) is 0 Å². The quantitative estimate of drug-likeness (QED) is 0.122. The van der Waals surface area contributed by atoms with E-state index in [1.807, 2.05) is 0 Å². The van der Waals surface area contributed by atoms with Crippen LogP contribution in [-0.4, -0.2) is 63.8 Å². The van der Waals surface area contributed by atoms with Crippen LogP contribution in [0.2, 0.25) is 0 Å². The molecule has 0 aliphatic rings. The molecule has 0 saturated carbocycles. The first-order chi connectivity index (χ1) is 17.7. The van der Waals surface area contributed by atoms with Crippen LogP contribution < -0.4 is 20.9 Å². The van der Waals surface area contributed by atoms with E-state index < -0.39 is 21.4 Å². The van der Waals surface area contributed by atoms with E-state index in [2.05, 4.69) is 66.3 Å². The first-order valence-electron chi connectivity index (χ1n) is 9.84. The normalized spacial score (nSPS) is 8.87. The third-order valence-electron chi connectivity index (χ3n) is 3.92. The molecule has 2 aromatic rings. The average Bonchev–Trinajstić information content (AvgIpc) is 2.84. The molecule has 3 N–H and O–H groups in total. The molecule has 0 aliphatic carbocycles. The predicted molar refractivity (Wildman–Crippen MR) is 162 cm³/mol. The monoisotopic (exact) mass is 819 g/mol. The summed E-state index contributed by atoms with van der Waals surface area (Å²) in [5.74, 6) is 0. The number of methoxy groups -OCH3 is 2. The molecule has 14 nitrogen and oxygen atoms in total. The van der Waals surface area contributed by atoms with Crippen molar-refractivity contribution in [3.05, 3.63) is 56.6 Å².